The van der Waals surface area contributed by atoms with Crippen molar-refractivity contribution in [3.8, 4) is 0 Å². The van der Waals surface area contributed by atoms with Crippen LogP contribution >= 0.6 is 11.8 Å². The molecule has 0 bridgehead atoms. The van der Waals surface area contributed by atoms with Crippen LogP contribution in [0.5, 0.6) is 0 Å². The minimum absolute atomic E-state index is 0.0151. The normalized spacial score (nSPS) is 14.3. The summed E-state index contributed by atoms with van der Waals surface area (Å²) in [7, 11) is -3.82. The van der Waals surface area contributed by atoms with E-state index in [1.807, 2.05) is 4.90 Å². The molecule has 0 aliphatic carbocycles. The lowest BCUT2D eigenvalue weighted by Gasteiger charge is -2.30. The number of fused-ring (bicyclic) bond motifs is 1. The number of sulfonamides is 1. The van der Waals surface area contributed by atoms with Crippen LogP contribution in [0.3, 0.4) is 0 Å². The van der Waals surface area contributed by atoms with Crippen molar-refractivity contribution in [1.82, 2.24) is 0 Å². The fourth-order valence-corrected chi connectivity index (χ4v) is 5.35. The van der Waals surface area contributed by atoms with Gasteiger partial charge in [-0.15, -0.1) is 4.40 Å². The van der Waals surface area contributed by atoms with Crippen molar-refractivity contribution in [2.24, 2.45) is 4.40 Å². The Morgan fingerprint density at radius 3 is 2.50 bits per heavy atom. The van der Waals surface area contributed by atoms with E-state index in [0.29, 0.717) is 23.5 Å². The van der Waals surface area contributed by atoms with Crippen molar-refractivity contribution in [2.45, 2.75) is 31.6 Å². The zero-order valence-electron chi connectivity index (χ0n) is 17.9. The number of nitrogens with one attached hydrogen (secondary N) is 1. The summed E-state index contributed by atoms with van der Waals surface area (Å²) in [5, 5.41) is 3.03. The molecule has 8 nitrogen and oxygen atoms in total. The molecule has 0 saturated carbocycles. The number of amidine groups is 1. The van der Waals surface area contributed by atoms with Crippen LogP contribution in [-0.2, 0) is 19.6 Å². The monoisotopic (exact) mass is 475 g/mol. The molecule has 0 atom stereocenters. The highest BCUT2D eigenvalue weighted by molar-refractivity contribution is 8.15. The molecule has 0 unspecified atom stereocenters. The van der Waals surface area contributed by atoms with Gasteiger partial charge in [0, 0.05) is 12.2 Å². The van der Waals surface area contributed by atoms with Crippen molar-refractivity contribution >= 4 is 50.2 Å². The summed E-state index contributed by atoms with van der Waals surface area (Å²) in [6, 6.07) is 13.1. The van der Waals surface area contributed by atoms with Crippen LogP contribution < -0.4 is 10.2 Å². The first-order valence-electron chi connectivity index (χ1n) is 10.3. The van der Waals surface area contributed by atoms with E-state index in [1.165, 1.54) is 0 Å². The van der Waals surface area contributed by atoms with Crippen LogP contribution in [-0.4, -0.2) is 44.4 Å². The number of hydrogen-bond acceptors (Lipinski definition) is 7. The van der Waals surface area contributed by atoms with E-state index >= 15 is 0 Å². The maximum Gasteiger partial charge on any atom is 0.338 e. The minimum atomic E-state index is -3.82. The third kappa shape index (κ3) is 5.68. The zero-order valence-corrected chi connectivity index (χ0v) is 19.5. The number of carbonyl (C=O) groups is 2. The molecule has 32 heavy (non-hydrogen) atoms. The Labute approximate surface area is 192 Å². The fourth-order valence-electron chi connectivity index (χ4n) is 3.07. The van der Waals surface area contributed by atoms with Gasteiger partial charge in [-0.05, 0) is 49.7 Å². The van der Waals surface area contributed by atoms with E-state index < -0.39 is 16.0 Å². The van der Waals surface area contributed by atoms with Gasteiger partial charge in [-0.1, -0.05) is 37.2 Å². The lowest BCUT2D eigenvalue weighted by atomic mass is 10.2. The van der Waals surface area contributed by atoms with Crippen molar-refractivity contribution in [3.05, 3.63) is 54.1 Å². The van der Waals surface area contributed by atoms with Crippen molar-refractivity contribution in [1.29, 1.82) is 0 Å². The molecular weight excluding hydrogens is 450 g/mol. The first-order valence-corrected chi connectivity index (χ1v) is 12.7. The van der Waals surface area contributed by atoms with Crippen LogP contribution in [0, 0.1) is 0 Å². The zero-order chi connectivity index (χ0) is 23.1. The van der Waals surface area contributed by atoms with Gasteiger partial charge in [0.15, 0.2) is 5.17 Å². The maximum atomic E-state index is 12.6. The maximum absolute atomic E-state index is 12.6. The predicted octanol–water partition coefficient (Wildman–Crippen LogP) is 3.90. The number of nitrogens with zero attached hydrogens (tertiary/aromatic N) is 2. The van der Waals surface area contributed by atoms with Gasteiger partial charge in [0.25, 0.3) is 10.0 Å². The van der Waals surface area contributed by atoms with Crippen molar-refractivity contribution in [3.63, 3.8) is 0 Å². The largest absolute Gasteiger partial charge is 0.462 e. The lowest BCUT2D eigenvalue weighted by molar-refractivity contribution is -0.113. The second-order valence-electron chi connectivity index (χ2n) is 6.96. The number of para-hydroxylation sites is 1. The summed E-state index contributed by atoms with van der Waals surface area (Å²) >= 11 is 1.07. The topological polar surface area (TPSA) is 105 Å². The van der Waals surface area contributed by atoms with Gasteiger partial charge in [-0.3, -0.25) is 4.79 Å². The number of unbranched alkanes of at least 4 members (excludes halogenated alkanes) is 1. The number of carbonyl (C=O) groups excluding carboxylic acids is 2. The standard InChI is InChI=1S/C22H25N3O5S2/c1-3-5-14-25-18-8-6-7-9-19(18)32(28,29)24-22(25)31-15-20(26)23-17-12-10-16(11-13-17)21(27)30-4-2/h6-13H,3-5,14-15H2,1-2H3,(H,23,26). The van der Waals surface area contributed by atoms with Crippen LogP contribution in [0.15, 0.2) is 57.8 Å². The number of ether oxygens (including phenoxy) is 1. The second kappa shape index (κ2) is 10.6. The number of amides is 1. The molecular formula is C22H25N3O5S2. The Bertz CT molecular complexity index is 1110. The summed E-state index contributed by atoms with van der Waals surface area (Å²) in [6.45, 7) is 4.67. The fraction of sp³-hybridized carbons (Fsp3) is 0.318. The Morgan fingerprint density at radius 2 is 1.81 bits per heavy atom. The van der Waals surface area contributed by atoms with Crippen LogP contribution in [0.4, 0.5) is 11.4 Å². The SMILES string of the molecule is CCCCN1C(SCC(=O)Nc2ccc(C(=O)OCC)cc2)=NS(=O)(=O)c2ccccc21. The van der Waals surface area contributed by atoms with Gasteiger partial charge in [-0.2, -0.15) is 8.42 Å². The number of anilines is 2. The molecule has 2 aromatic carbocycles. The molecule has 0 spiro atoms. The molecule has 1 aliphatic heterocycles. The Kier molecular flexibility index (Phi) is 7.92. The Morgan fingerprint density at radius 1 is 1.09 bits per heavy atom. The number of hydrogen-bond donors (Lipinski definition) is 1. The first kappa shape index (κ1) is 23.8. The number of esters is 1. The van der Waals surface area contributed by atoms with Crippen LogP contribution in [0.25, 0.3) is 0 Å². The third-order valence-electron chi connectivity index (χ3n) is 4.61. The highest BCUT2D eigenvalue weighted by Crippen LogP contribution is 2.34. The van der Waals surface area contributed by atoms with Gasteiger partial charge in [0.05, 0.1) is 23.6 Å². The van der Waals surface area contributed by atoms with Gasteiger partial charge < -0.3 is 15.0 Å². The summed E-state index contributed by atoms with van der Waals surface area (Å²) < 4.78 is 34.1. The van der Waals surface area contributed by atoms with Crippen LogP contribution in [0.2, 0.25) is 0 Å². The molecule has 170 valence electrons. The lowest BCUT2D eigenvalue weighted by Crippen LogP contribution is -2.35. The summed E-state index contributed by atoms with van der Waals surface area (Å²) in [5.74, 6) is -0.753. The number of benzene rings is 2. The summed E-state index contributed by atoms with van der Waals surface area (Å²) in [4.78, 5) is 26.2. The highest BCUT2D eigenvalue weighted by atomic mass is 32.2. The molecule has 0 aromatic heterocycles. The summed E-state index contributed by atoms with van der Waals surface area (Å²) in [5.41, 5.74) is 1.50. The number of rotatable bonds is 8. The molecule has 0 radical (unpaired) electrons. The predicted molar refractivity (Wildman–Crippen MR) is 127 cm³/mol. The van der Waals surface area contributed by atoms with Crippen LogP contribution in [0.1, 0.15) is 37.0 Å². The second-order valence-corrected chi connectivity index (χ2v) is 9.47. The Balaban J connectivity index is 1.68. The first-order chi connectivity index (χ1) is 15.4. The van der Waals surface area contributed by atoms with Crippen molar-refractivity contribution < 1.29 is 22.7 Å². The van der Waals surface area contributed by atoms with Gasteiger partial charge in [0.2, 0.25) is 5.91 Å². The molecule has 1 heterocycles. The van der Waals surface area contributed by atoms with E-state index in [0.717, 1.165) is 24.6 Å². The molecule has 1 N–H and O–H groups in total. The van der Waals surface area contributed by atoms with E-state index in [1.54, 1.807) is 55.5 Å². The average Bonchev–Trinajstić information content (AvgIpc) is 2.78. The molecule has 3 rings (SSSR count). The molecule has 1 aliphatic rings. The van der Waals surface area contributed by atoms with Gasteiger partial charge in [-0.25, -0.2) is 4.79 Å². The van der Waals surface area contributed by atoms with E-state index in [9.17, 15) is 18.0 Å². The number of thioether (sulfide) groups is 1. The van der Waals surface area contributed by atoms with E-state index in [4.69, 9.17) is 4.74 Å². The van der Waals surface area contributed by atoms with E-state index in [2.05, 4.69) is 16.6 Å². The average molecular weight is 476 g/mol. The molecule has 0 saturated heterocycles. The quantitative estimate of drug-likeness (QED) is 0.577. The third-order valence-corrected chi connectivity index (χ3v) is 7.02. The Hall–Kier alpha value is -2.85. The molecule has 2 aromatic rings. The van der Waals surface area contributed by atoms with Crippen molar-refractivity contribution in [2.75, 3.05) is 29.1 Å². The van der Waals surface area contributed by atoms with E-state index in [-0.39, 0.29) is 28.3 Å². The smallest absolute Gasteiger partial charge is 0.338 e. The molecule has 10 heteroatoms. The highest BCUT2D eigenvalue weighted by Gasteiger charge is 2.30. The van der Waals surface area contributed by atoms with Gasteiger partial charge in [0.1, 0.15) is 4.90 Å². The molecule has 1 amide bonds. The molecule has 0 fully saturated rings. The van der Waals surface area contributed by atoms with Gasteiger partial charge >= 0.3 is 5.97 Å². The minimum Gasteiger partial charge on any atom is -0.462 e. The summed E-state index contributed by atoms with van der Waals surface area (Å²) in [6.07, 6.45) is 1.79.